The second-order valence-corrected chi connectivity index (χ2v) is 5.47. The predicted molar refractivity (Wildman–Crippen MR) is 84.5 cm³/mol. The summed E-state index contributed by atoms with van der Waals surface area (Å²) in [6, 6.07) is 9.21. The van der Waals surface area contributed by atoms with E-state index in [1.807, 2.05) is 32.0 Å². The van der Waals surface area contributed by atoms with Crippen molar-refractivity contribution in [2.75, 3.05) is 12.1 Å². The lowest BCUT2D eigenvalue weighted by atomic mass is 10.2. The van der Waals surface area contributed by atoms with Crippen LogP contribution in [0.1, 0.15) is 29.9 Å². The van der Waals surface area contributed by atoms with Crippen molar-refractivity contribution in [3.63, 3.8) is 0 Å². The zero-order valence-corrected chi connectivity index (χ0v) is 13.0. The van der Waals surface area contributed by atoms with Crippen molar-refractivity contribution < 1.29 is 14.3 Å². The second-order valence-electron chi connectivity index (χ2n) is 5.47. The molecular weight excluding hydrogens is 296 g/mol. The number of carbonyl (C=O) groups is 1. The van der Waals surface area contributed by atoms with Gasteiger partial charge in [0.15, 0.2) is 17.2 Å². The molecule has 0 saturated carbocycles. The van der Waals surface area contributed by atoms with Crippen LogP contribution in [0.5, 0.6) is 11.5 Å². The van der Waals surface area contributed by atoms with Gasteiger partial charge in [0.2, 0.25) is 6.79 Å². The Morgan fingerprint density at radius 3 is 2.74 bits per heavy atom. The highest BCUT2D eigenvalue weighted by Crippen LogP contribution is 2.32. The molecule has 0 radical (unpaired) electrons. The van der Waals surface area contributed by atoms with E-state index in [1.54, 1.807) is 12.1 Å². The lowest BCUT2D eigenvalue weighted by Gasteiger charge is -2.09. The first-order valence-electron chi connectivity index (χ1n) is 7.39. The first-order valence-corrected chi connectivity index (χ1v) is 7.39. The van der Waals surface area contributed by atoms with Crippen LogP contribution < -0.4 is 20.1 Å². The minimum absolute atomic E-state index is 0.234. The van der Waals surface area contributed by atoms with Gasteiger partial charge in [0.1, 0.15) is 5.82 Å². The van der Waals surface area contributed by atoms with E-state index >= 15 is 0 Å². The van der Waals surface area contributed by atoms with E-state index in [0.29, 0.717) is 18.1 Å². The molecule has 7 heteroatoms. The number of anilines is 1. The Morgan fingerprint density at radius 2 is 2.00 bits per heavy atom. The van der Waals surface area contributed by atoms with Gasteiger partial charge in [0, 0.05) is 12.6 Å². The average molecular weight is 314 g/mol. The molecule has 1 aliphatic rings. The van der Waals surface area contributed by atoms with E-state index < -0.39 is 0 Å². The highest BCUT2D eigenvalue weighted by Gasteiger charge is 2.14. The van der Waals surface area contributed by atoms with E-state index in [1.165, 1.54) is 0 Å². The topological polar surface area (TPSA) is 85.4 Å². The number of ether oxygens (including phenoxy) is 2. The molecular formula is C16H18N4O3. The number of nitrogens with zero attached hydrogens (tertiary/aromatic N) is 2. The van der Waals surface area contributed by atoms with E-state index in [9.17, 15) is 4.79 Å². The van der Waals surface area contributed by atoms with Crippen LogP contribution in [0.25, 0.3) is 0 Å². The molecule has 7 nitrogen and oxygen atoms in total. The molecule has 0 spiro atoms. The Kier molecular flexibility index (Phi) is 4.27. The molecule has 120 valence electrons. The summed E-state index contributed by atoms with van der Waals surface area (Å²) in [6.45, 7) is 4.63. The van der Waals surface area contributed by atoms with E-state index in [-0.39, 0.29) is 24.4 Å². The number of nitrogens with one attached hydrogen (secondary N) is 2. The maximum atomic E-state index is 12.1. The van der Waals surface area contributed by atoms with Crippen molar-refractivity contribution in [2.45, 2.75) is 26.4 Å². The summed E-state index contributed by atoms with van der Waals surface area (Å²) >= 11 is 0. The lowest BCUT2D eigenvalue weighted by molar-refractivity contribution is 0.0945. The zero-order chi connectivity index (χ0) is 16.2. The van der Waals surface area contributed by atoms with Crippen LogP contribution in [0, 0.1) is 0 Å². The fraction of sp³-hybridized carbons (Fsp3) is 0.312. The third-order valence-corrected chi connectivity index (χ3v) is 3.22. The SMILES string of the molecule is CC(C)Nc1ccc(C(=O)NCc2ccc3c(c2)OCO3)nn1. The van der Waals surface area contributed by atoms with Crippen molar-refractivity contribution in [1.29, 1.82) is 0 Å². The first kappa shape index (κ1) is 15.1. The first-order chi connectivity index (χ1) is 11.1. The monoisotopic (exact) mass is 314 g/mol. The van der Waals surface area contributed by atoms with Crippen molar-refractivity contribution >= 4 is 11.7 Å². The van der Waals surface area contributed by atoms with E-state index in [0.717, 1.165) is 11.3 Å². The van der Waals surface area contributed by atoms with Gasteiger partial charge in [0.25, 0.3) is 5.91 Å². The van der Waals surface area contributed by atoms with Crippen molar-refractivity contribution in [2.24, 2.45) is 0 Å². The molecule has 0 atom stereocenters. The summed E-state index contributed by atoms with van der Waals surface area (Å²) in [5.41, 5.74) is 1.20. The molecule has 1 aromatic heterocycles. The molecule has 3 rings (SSSR count). The molecule has 0 unspecified atom stereocenters. The minimum atomic E-state index is -0.272. The smallest absolute Gasteiger partial charge is 0.272 e. The largest absolute Gasteiger partial charge is 0.454 e. The molecule has 1 amide bonds. The Labute approximate surface area is 134 Å². The molecule has 0 bridgehead atoms. The third kappa shape index (κ3) is 3.68. The predicted octanol–water partition coefficient (Wildman–Crippen LogP) is 1.96. The number of benzene rings is 1. The van der Waals surface area contributed by atoms with Gasteiger partial charge < -0.3 is 20.1 Å². The quantitative estimate of drug-likeness (QED) is 0.877. The molecule has 1 aromatic carbocycles. The highest BCUT2D eigenvalue weighted by atomic mass is 16.7. The summed E-state index contributed by atoms with van der Waals surface area (Å²) in [4.78, 5) is 12.1. The molecule has 0 fully saturated rings. The fourth-order valence-corrected chi connectivity index (χ4v) is 2.15. The van der Waals surface area contributed by atoms with Gasteiger partial charge in [-0.3, -0.25) is 4.79 Å². The van der Waals surface area contributed by atoms with E-state index in [2.05, 4.69) is 20.8 Å². The zero-order valence-electron chi connectivity index (χ0n) is 13.0. The third-order valence-electron chi connectivity index (χ3n) is 3.22. The molecule has 23 heavy (non-hydrogen) atoms. The van der Waals surface area contributed by atoms with Gasteiger partial charge in [-0.05, 0) is 43.7 Å². The molecule has 0 saturated heterocycles. The Bertz CT molecular complexity index is 701. The van der Waals surface area contributed by atoms with Gasteiger partial charge in [-0.15, -0.1) is 10.2 Å². The summed E-state index contributed by atoms with van der Waals surface area (Å²) < 4.78 is 10.6. The van der Waals surface area contributed by atoms with Gasteiger partial charge in [-0.2, -0.15) is 0 Å². The number of rotatable bonds is 5. The number of fused-ring (bicyclic) bond motifs is 1. The molecule has 0 aliphatic carbocycles. The standard InChI is InChI=1S/C16H18N4O3/c1-10(2)18-15-6-4-12(19-20-15)16(21)17-8-11-3-5-13-14(7-11)23-9-22-13/h3-7,10H,8-9H2,1-2H3,(H,17,21)(H,18,20). The molecule has 2 heterocycles. The Hall–Kier alpha value is -2.83. The van der Waals surface area contributed by atoms with Crippen LogP contribution in [0.4, 0.5) is 5.82 Å². The minimum Gasteiger partial charge on any atom is -0.454 e. The fourth-order valence-electron chi connectivity index (χ4n) is 2.15. The van der Waals surface area contributed by atoms with Crippen molar-refractivity contribution in [3.8, 4) is 11.5 Å². The Balaban J connectivity index is 1.58. The molecule has 2 N–H and O–H groups in total. The Morgan fingerprint density at radius 1 is 1.17 bits per heavy atom. The van der Waals surface area contributed by atoms with Crippen LogP contribution in [0.2, 0.25) is 0 Å². The van der Waals surface area contributed by atoms with Crippen LogP contribution in [-0.4, -0.2) is 28.9 Å². The lowest BCUT2D eigenvalue weighted by Crippen LogP contribution is -2.24. The van der Waals surface area contributed by atoms with Crippen molar-refractivity contribution in [1.82, 2.24) is 15.5 Å². The maximum absolute atomic E-state index is 12.1. The summed E-state index contributed by atoms with van der Waals surface area (Å²) in [7, 11) is 0. The van der Waals surface area contributed by atoms with Gasteiger partial charge in [0.05, 0.1) is 0 Å². The van der Waals surface area contributed by atoms with Crippen LogP contribution in [0.15, 0.2) is 30.3 Å². The summed E-state index contributed by atoms with van der Waals surface area (Å²) in [6.07, 6.45) is 0. The van der Waals surface area contributed by atoms with E-state index in [4.69, 9.17) is 9.47 Å². The van der Waals surface area contributed by atoms with Gasteiger partial charge in [-0.25, -0.2) is 0 Å². The van der Waals surface area contributed by atoms with Gasteiger partial charge in [-0.1, -0.05) is 6.07 Å². The van der Waals surface area contributed by atoms with Crippen LogP contribution in [0.3, 0.4) is 0 Å². The number of hydrogen-bond acceptors (Lipinski definition) is 6. The highest BCUT2D eigenvalue weighted by molar-refractivity contribution is 5.92. The average Bonchev–Trinajstić information content (AvgIpc) is 3.00. The molecule has 2 aromatic rings. The van der Waals surface area contributed by atoms with Crippen LogP contribution >= 0.6 is 0 Å². The van der Waals surface area contributed by atoms with Crippen molar-refractivity contribution in [3.05, 3.63) is 41.6 Å². The normalized spacial score (nSPS) is 12.3. The summed E-state index contributed by atoms with van der Waals surface area (Å²) in [5.74, 6) is 1.79. The van der Waals surface area contributed by atoms with Crippen LogP contribution in [-0.2, 0) is 6.54 Å². The summed E-state index contributed by atoms with van der Waals surface area (Å²) in [5, 5.41) is 13.8. The number of carbonyl (C=O) groups excluding carboxylic acids is 1. The number of aromatic nitrogens is 2. The van der Waals surface area contributed by atoms with Gasteiger partial charge >= 0.3 is 0 Å². The number of hydrogen-bond donors (Lipinski definition) is 2. The second kappa shape index (κ2) is 6.51. The number of amides is 1. The maximum Gasteiger partial charge on any atom is 0.272 e. The molecule has 1 aliphatic heterocycles.